The zero-order valence-electron chi connectivity index (χ0n) is 24.0. The minimum absolute atomic E-state index is 0.0471. The van der Waals surface area contributed by atoms with Gasteiger partial charge < -0.3 is 29.6 Å². The van der Waals surface area contributed by atoms with Gasteiger partial charge in [-0.25, -0.2) is 19.2 Å². The molecular weight excluding hydrogens is 516 g/mol. The van der Waals surface area contributed by atoms with Crippen LogP contribution < -0.4 is 10.6 Å². The van der Waals surface area contributed by atoms with Crippen LogP contribution in [0.1, 0.15) is 65.2 Å². The SMILES string of the molecule is C=CC(=O)OCCCNC(=O)OCC1(C)CC2CC(C1)C1CC(C)(COC(=O)NCCCOC(=O)C=C)CCC21. The molecule has 0 aromatic rings. The Kier molecular flexibility index (Phi) is 11.5. The van der Waals surface area contributed by atoms with Crippen molar-refractivity contribution < 1.29 is 38.1 Å². The van der Waals surface area contributed by atoms with Gasteiger partial charge in [0, 0.05) is 36.1 Å². The Bertz CT molecular complexity index is 939. The third kappa shape index (κ3) is 9.27. The molecule has 0 radical (unpaired) electrons. The summed E-state index contributed by atoms with van der Waals surface area (Å²) in [4.78, 5) is 46.6. The molecule has 10 heteroatoms. The summed E-state index contributed by atoms with van der Waals surface area (Å²) in [5.41, 5.74) is -0.100. The van der Waals surface area contributed by atoms with E-state index in [9.17, 15) is 19.2 Å². The quantitative estimate of drug-likeness (QED) is 0.137. The lowest BCUT2D eigenvalue weighted by Crippen LogP contribution is -2.38. The lowest BCUT2D eigenvalue weighted by Gasteiger charge is -2.41. The number of carbonyl (C=O) groups is 4. The molecule has 224 valence electrons. The maximum absolute atomic E-state index is 12.2. The number of amides is 2. The van der Waals surface area contributed by atoms with Gasteiger partial charge in [-0.1, -0.05) is 27.0 Å². The summed E-state index contributed by atoms with van der Waals surface area (Å²) in [6, 6.07) is 0. The van der Waals surface area contributed by atoms with E-state index < -0.39 is 24.1 Å². The number of carbonyl (C=O) groups excluding carboxylic acids is 4. The van der Waals surface area contributed by atoms with Crippen LogP contribution in [0.2, 0.25) is 0 Å². The third-order valence-corrected chi connectivity index (χ3v) is 8.79. The number of hydrogen-bond donors (Lipinski definition) is 2. The Labute approximate surface area is 237 Å². The number of fused-ring (bicyclic) bond motifs is 5. The molecule has 6 atom stereocenters. The van der Waals surface area contributed by atoms with E-state index in [-0.39, 0.29) is 24.0 Å². The van der Waals surface area contributed by atoms with Gasteiger partial charge in [0.25, 0.3) is 0 Å². The van der Waals surface area contributed by atoms with E-state index >= 15 is 0 Å². The molecule has 3 aliphatic rings. The van der Waals surface area contributed by atoms with E-state index in [0.717, 1.165) is 44.3 Å². The lowest BCUT2D eigenvalue weighted by molar-refractivity contribution is -0.138. The monoisotopic (exact) mass is 562 g/mol. The maximum atomic E-state index is 12.2. The van der Waals surface area contributed by atoms with Crippen LogP contribution in [0.15, 0.2) is 25.3 Å². The average Bonchev–Trinajstić information content (AvgIpc) is 3.18. The topological polar surface area (TPSA) is 129 Å². The Morgan fingerprint density at radius 3 is 1.77 bits per heavy atom. The minimum atomic E-state index is -0.474. The first kappa shape index (κ1) is 31.5. The number of esters is 2. The molecule has 3 saturated carbocycles. The molecule has 0 spiro atoms. The molecule has 3 aliphatic carbocycles. The van der Waals surface area contributed by atoms with Gasteiger partial charge in [-0.15, -0.1) is 0 Å². The standard InChI is InChI=1S/C30H46N2O8/c1-5-25(33)37-13-7-11-31-27(35)39-19-29(3)10-9-23-21-15-22(24(23)18-29)17-30(4,16-21)20-40-28(36)32-12-8-14-38-26(34)6-2/h5-6,21-24H,1-2,7-20H2,3-4H3,(H,31,35)(H,32,36). The molecule has 0 aliphatic heterocycles. The van der Waals surface area contributed by atoms with Crippen LogP contribution in [-0.4, -0.2) is 63.6 Å². The summed E-state index contributed by atoms with van der Waals surface area (Å²) < 4.78 is 21.0. The van der Waals surface area contributed by atoms with Gasteiger partial charge in [0.1, 0.15) is 0 Å². The number of rotatable bonds is 14. The van der Waals surface area contributed by atoms with E-state index in [1.165, 1.54) is 6.42 Å². The molecule has 6 unspecified atom stereocenters. The Morgan fingerprint density at radius 2 is 1.25 bits per heavy atom. The predicted molar refractivity (Wildman–Crippen MR) is 148 cm³/mol. The first-order chi connectivity index (χ1) is 19.1. The van der Waals surface area contributed by atoms with Crippen LogP contribution in [-0.2, 0) is 28.5 Å². The second-order valence-electron chi connectivity index (χ2n) is 12.3. The molecule has 0 aromatic carbocycles. The van der Waals surface area contributed by atoms with Gasteiger partial charge >= 0.3 is 24.1 Å². The zero-order chi connectivity index (χ0) is 29.2. The summed E-state index contributed by atoms with van der Waals surface area (Å²) in [7, 11) is 0. The molecule has 2 amide bonds. The molecule has 2 N–H and O–H groups in total. The van der Waals surface area contributed by atoms with Crippen molar-refractivity contribution in [1.29, 1.82) is 0 Å². The molecule has 10 nitrogen and oxygen atoms in total. The highest BCUT2D eigenvalue weighted by Crippen LogP contribution is 2.62. The molecule has 0 saturated heterocycles. The first-order valence-corrected chi connectivity index (χ1v) is 14.5. The third-order valence-electron chi connectivity index (χ3n) is 8.79. The van der Waals surface area contributed by atoms with Crippen molar-refractivity contribution >= 4 is 24.1 Å². The average molecular weight is 563 g/mol. The van der Waals surface area contributed by atoms with Gasteiger partial charge in [-0.2, -0.15) is 0 Å². The number of nitrogens with one attached hydrogen (secondary N) is 2. The Morgan fingerprint density at radius 1 is 0.750 bits per heavy atom. The number of ether oxygens (including phenoxy) is 4. The summed E-state index contributed by atoms with van der Waals surface area (Å²) in [5.74, 6) is 1.57. The van der Waals surface area contributed by atoms with Crippen molar-refractivity contribution in [3.8, 4) is 0 Å². The molecule has 2 bridgehead atoms. The van der Waals surface area contributed by atoms with Crippen LogP contribution in [0.4, 0.5) is 9.59 Å². The van der Waals surface area contributed by atoms with E-state index in [0.29, 0.717) is 62.8 Å². The largest absolute Gasteiger partial charge is 0.462 e. The molecular formula is C30H46N2O8. The second-order valence-corrected chi connectivity index (χ2v) is 12.3. The molecule has 3 fully saturated rings. The molecule has 0 aromatic heterocycles. The summed E-state index contributed by atoms with van der Waals surface area (Å²) in [5, 5.41) is 5.46. The summed E-state index contributed by atoms with van der Waals surface area (Å²) >= 11 is 0. The maximum Gasteiger partial charge on any atom is 0.407 e. The van der Waals surface area contributed by atoms with E-state index in [1.54, 1.807) is 0 Å². The van der Waals surface area contributed by atoms with Crippen molar-refractivity contribution in [2.75, 3.05) is 39.5 Å². The van der Waals surface area contributed by atoms with E-state index in [2.05, 4.69) is 37.6 Å². The summed E-state index contributed by atoms with van der Waals surface area (Å²) in [6.07, 6.45) is 8.89. The van der Waals surface area contributed by atoms with Crippen LogP contribution in [0.3, 0.4) is 0 Å². The molecule has 40 heavy (non-hydrogen) atoms. The van der Waals surface area contributed by atoms with Gasteiger partial charge in [0.15, 0.2) is 0 Å². The Hall–Kier alpha value is -3.04. The van der Waals surface area contributed by atoms with Crippen LogP contribution >= 0.6 is 0 Å². The Balaban J connectivity index is 1.38. The van der Waals surface area contributed by atoms with Gasteiger partial charge in [-0.05, 0) is 75.0 Å². The lowest BCUT2D eigenvalue weighted by atomic mass is 9.65. The smallest absolute Gasteiger partial charge is 0.407 e. The van der Waals surface area contributed by atoms with Gasteiger partial charge in [-0.3, -0.25) is 0 Å². The first-order valence-electron chi connectivity index (χ1n) is 14.5. The van der Waals surface area contributed by atoms with Gasteiger partial charge in [0.05, 0.1) is 26.4 Å². The normalized spacial score (nSPS) is 30.2. The van der Waals surface area contributed by atoms with Crippen molar-refractivity contribution in [1.82, 2.24) is 10.6 Å². The number of alkyl carbamates (subject to hydrolysis) is 2. The highest BCUT2D eigenvalue weighted by Gasteiger charge is 2.55. The zero-order valence-corrected chi connectivity index (χ0v) is 24.0. The van der Waals surface area contributed by atoms with Crippen LogP contribution in [0.25, 0.3) is 0 Å². The summed E-state index contributed by atoms with van der Waals surface area (Å²) in [6.45, 7) is 13.1. The van der Waals surface area contributed by atoms with Gasteiger partial charge in [0.2, 0.25) is 0 Å². The molecule has 3 rings (SSSR count). The fourth-order valence-electron chi connectivity index (χ4n) is 7.03. The van der Waals surface area contributed by atoms with Crippen molar-refractivity contribution in [3.05, 3.63) is 25.3 Å². The minimum Gasteiger partial charge on any atom is -0.462 e. The number of hydrogen-bond acceptors (Lipinski definition) is 8. The highest BCUT2D eigenvalue weighted by atomic mass is 16.6. The second kappa shape index (κ2) is 14.6. The highest BCUT2D eigenvalue weighted by molar-refractivity contribution is 5.81. The fourth-order valence-corrected chi connectivity index (χ4v) is 7.03. The van der Waals surface area contributed by atoms with Crippen molar-refractivity contribution in [3.63, 3.8) is 0 Å². The van der Waals surface area contributed by atoms with Crippen molar-refractivity contribution in [2.45, 2.75) is 65.2 Å². The van der Waals surface area contributed by atoms with Crippen LogP contribution in [0.5, 0.6) is 0 Å². The van der Waals surface area contributed by atoms with Crippen molar-refractivity contribution in [2.24, 2.45) is 34.5 Å². The van der Waals surface area contributed by atoms with E-state index in [4.69, 9.17) is 18.9 Å². The molecule has 0 heterocycles. The fraction of sp³-hybridized carbons (Fsp3) is 0.733. The predicted octanol–water partition coefficient (Wildman–Crippen LogP) is 4.54. The van der Waals surface area contributed by atoms with E-state index in [1.807, 2.05) is 0 Å². The van der Waals surface area contributed by atoms with Crippen LogP contribution in [0, 0.1) is 34.5 Å².